The van der Waals surface area contributed by atoms with Gasteiger partial charge in [-0.05, 0) is 55.7 Å². The zero-order chi connectivity index (χ0) is 17.3. The molecule has 130 valence electrons. The summed E-state index contributed by atoms with van der Waals surface area (Å²) in [6.45, 7) is 2.15. The number of aromatic nitrogens is 3. The first-order chi connectivity index (χ1) is 12.8. The minimum absolute atomic E-state index is 0.861. The van der Waals surface area contributed by atoms with Gasteiger partial charge in [-0.2, -0.15) is 0 Å². The van der Waals surface area contributed by atoms with Gasteiger partial charge in [0.2, 0.25) is 0 Å². The van der Waals surface area contributed by atoms with Crippen LogP contribution >= 0.6 is 0 Å². The molecular formula is C21H21N5. The molecule has 3 aromatic rings. The third-order valence-electron chi connectivity index (χ3n) is 5.19. The van der Waals surface area contributed by atoms with Crippen molar-refractivity contribution < 1.29 is 0 Å². The molecule has 2 N–H and O–H groups in total. The minimum Gasteiger partial charge on any atom is -0.344 e. The predicted octanol–water partition coefficient (Wildman–Crippen LogP) is 3.60. The van der Waals surface area contributed by atoms with Crippen LogP contribution in [-0.2, 0) is 12.8 Å². The van der Waals surface area contributed by atoms with Crippen LogP contribution in [0.15, 0.2) is 30.6 Å². The highest BCUT2D eigenvalue weighted by atomic mass is 15.1. The van der Waals surface area contributed by atoms with Gasteiger partial charge in [0, 0.05) is 48.2 Å². The lowest BCUT2D eigenvalue weighted by molar-refractivity contribution is 0.282. The Bertz CT molecular complexity index is 1020. The van der Waals surface area contributed by atoms with Gasteiger partial charge in [-0.25, -0.2) is 9.97 Å². The van der Waals surface area contributed by atoms with Gasteiger partial charge < -0.3 is 15.2 Å². The summed E-state index contributed by atoms with van der Waals surface area (Å²) < 4.78 is 0. The molecule has 0 unspecified atom stereocenters. The van der Waals surface area contributed by atoms with Crippen molar-refractivity contribution in [1.82, 2.24) is 19.9 Å². The van der Waals surface area contributed by atoms with Gasteiger partial charge in [0.1, 0.15) is 11.5 Å². The lowest BCUT2D eigenvalue weighted by Crippen LogP contribution is -2.32. The van der Waals surface area contributed by atoms with Gasteiger partial charge in [0.25, 0.3) is 0 Å². The molecule has 5 heteroatoms. The summed E-state index contributed by atoms with van der Waals surface area (Å²) >= 11 is 0. The molecule has 0 saturated carbocycles. The van der Waals surface area contributed by atoms with Crippen molar-refractivity contribution in [1.29, 1.82) is 0 Å². The van der Waals surface area contributed by atoms with E-state index in [0.717, 1.165) is 54.0 Å². The molecule has 0 aromatic carbocycles. The number of anilines is 2. The highest BCUT2D eigenvalue weighted by Gasteiger charge is 2.12. The topological polar surface area (TPSA) is 56.8 Å². The molecular weight excluding hydrogens is 322 g/mol. The second kappa shape index (κ2) is 6.38. The normalized spacial score (nSPS) is 15.8. The van der Waals surface area contributed by atoms with Crippen LogP contribution in [0.5, 0.6) is 0 Å². The van der Waals surface area contributed by atoms with Gasteiger partial charge in [-0.3, -0.25) is 0 Å². The van der Waals surface area contributed by atoms with E-state index in [4.69, 9.17) is 4.98 Å². The van der Waals surface area contributed by atoms with Crippen LogP contribution < -0.4 is 5.32 Å². The maximum absolute atomic E-state index is 4.82. The Morgan fingerprint density at radius 3 is 2.92 bits per heavy atom. The molecule has 0 amide bonds. The van der Waals surface area contributed by atoms with E-state index in [2.05, 4.69) is 50.3 Å². The largest absolute Gasteiger partial charge is 0.344 e. The van der Waals surface area contributed by atoms with Crippen molar-refractivity contribution in [3.8, 4) is 12.0 Å². The molecule has 0 bridgehead atoms. The molecule has 1 aliphatic heterocycles. The Labute approximate surface area is 152 Å². The van der Waals surface area contributed by atoms with Crippen molar-refractivity contribution >= 4 is 22.5 Å². The maximum Gasteiger partial charge on any atom is 0.139 e. The number of fused-ring (bicyclic) bond motifs is 2. The molecule has 1 aliphatic carbocycles. The number of pyridine rings is 2. The quantitative estimate of drug-likeness (QED) is 0.698. The number of nitrogens with zero attached hydrogens (tertiary/aromatic N) is 3. The smallest absolute Gasteiger partial charge is 0.139 e. The standard InChI is InChI=1S/C21H21N5/c1-2-5-18-16(4-1)6-7-20(24-18)25-19-14-23-21-17(19)12-15(13-22-21)8-11-26-9-3-10-26/h6-7,12-14H,1-5,9-10H2,(H,22,23)(H,24,25). The number of aryl methyl sites for hydroxylation is 2. The van der Waals surface area contributed by atoms with E-state index in [1.54, 1.807) is 0 Å². The monoisotopic (exact) mass is 343 g/mol. The molecule has 2 aliphatic rings. The molecule has 0 spiro atoms. The van der Waals surface area contributed by atoms with Crippen LogP contribution in [0.3, 0.4) is 0 Å². The minimum atomic E-state index is 0.861. The van der Waals surface area contributed by atoms with Crippen molar-refractivity contribution in [3.63, 3.8) is 0 Å². The summed E-state index contributed by atoms with van der Waals surface area (Å²) in [4.78, 5) is 14.7. The average molecular weight is 343 g/mol. The number of likely N-dealkylation sites (tertiary alicyclic amines) is 1. The summed E-state index contributed by atoms with van der Waals surface area (Å²) in [5.41, 5.74) is 5.42. The fourth-order valence-corrected chi connectivity index (χ4v) is 3.54. The van der Waals surface area contributed by atoms with E-state index in [0.29, 0.717) is 0 Å². The Morgan fingerprint density at radius 2 is 2.04 bits per heavy atom. The lowest BCUT2D eigenvalue weighted by Gasteiger charge is -2.26. The van der Waals surface area contributed by atoms with Crippen molar-refractivity contribution in [3.05, 3.63) is 47.4 Å². The Morgan fingerprint density at radius 1 is 1.12 bits per heavy atom. The molecule has 0 atom stereocenters. The van der Waals surface area contributed by atoms with E-state index in [9.17, 15) is 0 Å². The third kappa shape index (κ3) is 2.88. The van der Waals surface area contributed by atoms with Crippen molar-refractivity contribution in [2.75, 3.05) is 18.4 Å². The lowest BCUT2D eigenvalue weighted by atomic mass is 9.96. The summed E-state index contributed by atoms with van der Waals surface area (Å²) in [5.74, 6) is 4.11. The second-order valence-electron chi connectivity index (χ2n) is 7.03. The summed E-state index contributed by atoms with van der Waals surface area (Å²) in [6.07, 6.45) is 9.76. The zero-order valence-electron chi connectivity index (χ0n) is 14.7. The van der Waals surface area contributed by atoms with E-state index in [1.165, 1.54) is 30.5 Å². The van der Waals surface area contributed by atoms with Crippen molar-refractivity contribution in [2.45, 2.75) is 32.1 Å². The predicted molar refractivity (Wildman–Crippen MR) is 103 cm³/mol. The van der Waals surface area contributed by atoms with Crippen LogP contribution in [0, 0.1) is 12.0 Å². The van der Waals surface area contributed by atoms with E-state index in [-0.39, 0.29) is 0 Å². The average Bonchev–Trinajstić information content (AvgIpc) is 3.03. The number of hydrogen-bond donors (Lipinski definition) is 2. The Kier molecular flexibility index (Phi) is 3.75. The highest BCUT2D eigenvalue weighted by Crippen LogP contribution is 2.27. The second-order valence-corrected chi connectivity index (χ2v) is 7.03. The molecule has 3 aromatic heterocycles. The first-order valence-electron chi connectivity index (χ1n) is 9.35. The number of nitrogens with one attached hydrogen (secondary N) is 2. The SMILES string of the molecule is C(#CN1CCC1)c1cnc2[nH]cc(Nc3ccc4c(n3)CCCC4)c2c1. The van der Waals surface area contributed by atoms with Gasteiger partial charge in [-0.1, -0.05) is 6.07 Å². The van der Waals surface area contributed by atoms with Gasteiger partial charge in [0.15, 0.2) is 0 Å². The maximum atomic E-state index is 4.82. The van der Waals surface area contributed by atoms with E-state index >= 15 is 0 Å². The number of H-pyrrole nitrogens is 1. The first kappa shape index (κ1) is 15.3. The summed E-state index contributed by atoms with van der Waals surface area (Å²) in [5, 5.41) is 4.49. The van der Waals surface area contributed by atoms with Crippen LogP contribution in [0.25, 0.3) is 11.0 Å². The van der Waals surface area contributed by atoms with Crippen LogP contribution in [-0.4, -0.2) is 32.9 Å². The number of aromatic amines is 1. The number of hydrogen-bond acceptors (Lipinski definition) is 4. The van der Waals surface area contributed by atoms with Crippen LogP contribution in [0.2, 0.25) is 0 Å². The number of rotatable bonds is 2. The molecule has 5 nitrogen and oxygen atoms in total. The van der Waals surface area contributed by atoms with E-state index in [1.807, 2.05) is 12.4 Å². The summed E-state index contributed by atoms with van der Waals surface area (Å²) in [6, 6.07) is 9.57. The molecule has 0 radical (unpaired) electrons. The molecule has 1 saturated heterocycles. The van der Waals surface area contributed by atoms with Gasteiger partial charge in [-0.15, -0.1) is 0 Å². The Balaban J connectivity index is 1.43. The third-order valence-corrected chi connectivity index (χ3v) is 5.19. The van der Waals surface area contributed by atoms with Gasteiger partial charge in [0.05, 0.1) is 5.69 Å². The molecule has 1 fully saturated rings. The van der Waals surface area contributed by atoms with Crippen LogP contribution in [0.1, 0.15) is 36.1 Å². The van der Waals surface area contributed by atoms with Gasteiger partial charge >= 0.3 is 0 Å². The van der Waals surface area contributed by atoms with Crippen molar-refractivity contribution in [2.24, 2.45) is 0 Å². The molecule has 26 heavy (non-hydrogen) atoms. The molecule has 4 heterocycles. The zero-order valence-corrected chi connectivity index (χ0v) is 14.7. The summed E-state index contributed by atoms with van der Waals surface area (Å²) in [7, 11) is 0. The van der Waals surface area contributed by atoms with E-state index < -0.39 is 0 Å². The van der Waals surface area contributed by atoms with Crippen LogP contribution in [0.4, 0.5) is 11.5 Å². The first-order valence-corrected chi connectivity index (χ1v) is 9.35. The fraction of sp³-hybridized carbons (Fsp3) is 0.333. The fourth-order valence-electron chi connectivity index (χ4n) is 3.54. The Hall–Kier alpha value is -3.00. The highest BCUT2D eigenvalue weighted by molar-refractivity contribution is 5.92. The molecule has 5 rings (SSSR count).